The molecule has 1 atom stereocenters. The molecule has 5 nitrogen and oxygen atoms in total. The standard InChI is InChI=1S/C22H22N2O3S/c1-15-5-7-16(8-6-15)21(19-4-3-13-28-19)23-14-20(25)24-18-11-9-17(10-12-18)22(26)27-2/h3-13,21,23H,14H2,1-2H3,(H,24,25)/p+1/t21-/m0/s1. The summed E-state index contributed by atoms with van der Waals surface area (Å²) in [4.78, 5) is 25.1. The van der Waals surface area contributed by atoms with Gasteiger partial charge >= 0.3 is 5.97 Å². The van der Waals surface area contributed by atoms with Gasteiger partial charge in [0, 0.05) is 11.3 Å². The summed E-state index contributed by atoms with van der Waals surface area (Å²) in [5.74, 6) is -0.498. The van der Waals surface area contributed by atoms with Crippen LogP contribution in [0.1, 0.15) is 32.4 Å². The summed E-state index contributed by atoms with van der Waals surface area (Å²) in [6.07, 6.45) is 0. The third-order valence-corrected chi connectivity index (χ3v) is 5.37. The van der Waals surface area contributed by atoms with E-state index in [4.69, 9.17) is 0 Å². The normalized spacial score (nSPS) is 11.6. The number of esters is 1. The molecule has 0 unspecified atom stereocenters. The van der Waals surface area contributed by atoms with Crippen molar-refractivity contribution in [2.45, 2.75) is 13.0 Å². The molecule has 3 N–H and O–H groups in total. The summed E-state index contributed by atoms with van der Waals surface area (Å²) >= 11 is 1.69. The van der Waals surface area contributed by atoms with Crippen LogP contribution in [0.15, 0.2) is 66.0 Å². The van der Waals surface area contributed by atoms with E-state index in [1.54, 1.807) is 35.6 Å². The molecule has 0 fully saturated rings. The molecule has 0 aliphatic carbocycles. The van der Waals surface area contributed by atoms with Gasteiger partial charge in [0.15, 0.2) is 6.54 Å². The number of benzene rings is 2. The maximum Gasteiger partial charge on any atom is 0.337 e. The lowest BCUT2D eigenvalue weighted by molar-refractivity contribution is -0.675. The average Bonchev–Trinajstić information content (AvgIpc) is 3.24. The Morgan fingerprint density at radius 2 is 1.79 bits per heavy atom. The van der Waals surface area contributed by atoms with Gasteiger partial charge in [0.1, 0.15) is 6.04 Å². The van der Waals surface area contributed by atoms with E-state index in [1.807, 2.05) is 16.8 Å². The predicted octanol–water partition coefficient (Wildman–Crippen LogP) is 3.13. The molecule has 0 aliphatic heterocycles. The minimum atomic E-state index is -0.400. The number of nitrogens with two attached hydrogens (primary N) is 1. The van der Waals surface area contributed by atoms with Crippen LogP contribution < -0.4 is 10.6 Å². The maximum atomic E-state index is 12.4. The zero-order valence-electron chi connectivity index (χ0n) is 15.8. The average molecular weight is 396 g/mol. The van der Waals surface area contributed by atoms with Gasteiger partial charge in [-0.1, -0.05) is 35.9 Å². The van der Waals surface area contributed by atoms with E-state index in [1.165, 1.54) is 23.1 Å². The van der Waals surface area contributed by atoms with Gasteiger partial charge in [0.2, 0.25) is 0 Å². The number of carbonyl (C=O) groups is 2. The highest BCUT2D eigenvalue weighted by atomic mass is 32.1. The zero-order valence-corrected chi connectivity index (χ0v) is 16.7. The smallest absolute Gasteiger partial charge is 0.337 e. The van der Waals surface area contributed by atoms with Crippen LogP contribution in [0, 0.1) is 6.92 Å². The number of rotatable bonds is 7. The lowest BCUT2D eigenvalue weighted by Gasteiger charge is -2.15. The second-order valence-corrected chi connectivity index (χ2v) is 7.44. The van der Waals surface area contributed by atoms with Crippen LogP contribution in [-0.2, 0) is 9.53 Å². The van der Waals surface area contributed by atoms with E-state index in [2.05, 4.69) is 47.3 Å². The first-order valence-corrected chi connectivity index (χ1v) is 9.86. The molecule has 0 spiro atoms. The van der Waals surface area contributed by atoms with E-state index < -0.39 is 5.97 Å². The van der Waals surface area contributed by atoms with Crippen LogP contribution in [0.25, 0.3) is 0 Å². The van der Waals surface area contributed by atoms with Crippen molar-refractivity contribution in [3.63, 3.8) is 0 Å². The minimum absolute atomic E-state index is 0.0769. The molecule has 1 heterocycles. The second-order valence-electron chi connectivity index (χ2n) is 6.46. The molecule has 0 bridgehead atoms. The van der Waals surface area contributed by atoms with E-state index in [9.17, 15) is 9.59 Å². The number of quaternary nitrogens is 1. The summed E-state index contributed by atoms with van der Waals surface area (Å²) in [7, 11) is 1.34. The van der Waals surface area contributed by atoms with Gasteiger partial charge in [0.05, 0.1) is 17.6 Å². The number of amides is 1. The number of hydrogen-bond donors (Lipinski definition) is 2. The summed E-state index contributed by atoms with van der Waals surface area (Å²) in [5.41, 5.74) is 3.48. The van der Waals surface area contributed by atoms with Gasteiger partial charge in [-0.15, -0.1) is 11.3 Å². The molecular formula is C22H23N2O3S+. The van der Waals surface area contributed by atoms with Crippen molar-refractivity contribution in [2.24, 2.45) is 0 Å². The Hall–Kier alpha value is -2.96. The molecule has 1 amide bonds. The monoisotopic (exact) mass is 395 g/mol. The van der Waals surface area contributed by atoms with Crippen molar-refractivity contribution in [1.29, 1.82) is 0 Å². The summed E-state index contributed by atoms with van der Waals surface area (Å²) < 4.78 is 4.68. The highest BCUT2D eigenvalue weighted by molar-refractivity contribution is 7.10. The van der Waals surface area contributed by atoms with Gasteiger partial charge in [-0.25, -0.2) is 4.79 Å². The van der Waals surface area contributed by atoms with Gasteiger partial charge in [-0.2, -0.15) is 0 Å². The van der Waals surface area contributed by atoms with Crippen molar-refractivity contribution >= 4 is 28.9 Å². The molecule has 144 valence electrons. The molecule has 0 saturated carbocycles. The first-order chi connectivity index (χ1) is 13.6. The van der Waals surface area contributed by atoms with Crippen molar-refractivity contribution in [3.05, 3.63) is 87.6 Å². The number of thiophene rings is 1. The van der Waals surface area contributed by atoms with Crippen LogP contribution in [0.2, 0.25) is 0 Å². The van der Waals surface area contributed by atoms with E-state index >= 15 is 0 Å². The number of carbonyl (C=O) groups excluding carboxylic acids is 2. The molecule has 28 heavy (non-hydrogen) atoms. The number of aryl methyl sites for hydroxylation is 1. The lowest BCUT2D eigenvalue weighted by Crippen LogP contribution is -2.87. The Morgan fingerprint density at radius 1 is 1.07 bits per heavy atom. The van der Waals surface area contributed by atoms with E-state index in [0.717, 1.165) is 0 Å². The quantitative estimate of drug-likeness (QED) is 0.604. The molecule has 3 aromatic rings. The first-order valence-electron chi connectivity index (χ1n) is 8.98. The van der Waals surface area contributed by atoms with Crippen LogP contribution in [0.4, 0.5) is 5.69 Å². The highest BCUT2D eigenvalue weighted by Gasteiger charge is 2.20. The highest BCUT2D eigenvalue weighted by Crippen LogP contribution is 2.23. The molecular weight excluding hydrogens is 372 g/mol. The lowest BCUT2D eigenvalue weighted by atomic mass is 10.0. The van der Waals surface area contributed by atoms with Crippen LogP contribution in [0.3, 0.4) is 0 Å². The fourth-order valence-corrected chi connectivity index (χ4v) is 3.75. The van der Waals surface area contributed by atoms with Crippen molar-refractivity contribution in [1.82, 2.24) is 0 Å². The SMILES string of the molecule is COC(=O)c1ccc(NC(=O)C[NH2+][C@@H](c2ccc(C)cc2)c2cccs2)cc1. The Balaban J connectivity index is 1.64. The summed E-state index contributed by atoms with van der Waals surface area (Å²) in [6.45, 7) is 2.35. The Bertz CT molecular complexity index is 919. The molecule has 2 aromatic carbocycles. The van der Waals surface area contributed by atoms with E-state index in [-0.39, 0.29) is 18.5 Å². The van der Waals surface area contributed by atoms with Gasteiger partial charge in [-0.3, -0.25) is 4.79 Å². The molecule has 0 aliphatic rings. The maximum absolute atomic E-state index is 12.4. The third-order valence-electron chi connectivity index (χ3n) is 4.41. The van der Waals surface area contributed by atoms with Crippen LogP contribution >= 0.6 is 11.3 Å². The fraction of sp³-hybridized carbons (Fsp3) is 0.182. The van der Waals surface area contributed by atoms with Crippen LogP contribution in [0.5, 0.6) is 0 Å². The number of hydrogen-bond acceptors (Lipinski definition) is 4. The largest absolute Gasteiger partial charge is 0.465 e. The van der Waals surface area contributed by atoms with Crippen molar-refractivity contribution in [2.75, 3.05) is 19.0 Å². The van der Waals surface area contributed by atoms with Crippen molar-refractivity contribution < 1.29 is 19.6 Å². The molecule has 0 saturated heterocycles. The summed E-state index contributed by atoms with van der Waals surface area (Å²) in [6, 6.07) is 19.2. The van der Waals surface area contributed by atoms with Gasteiger partial charge in [0.25, 0.3) is 5.91 Å². The first kappa shape index (κ1) is 19.8. The number of ether oxygens (including phenoxy) is 1. The Labute approximate surface area is 168 Å². The minimum Gasteiger partial charge on any atom is -0.465 e. The predicted molar refractivity (Wildman–Crippen MR) is 111 cm³/mol. The fourth-order valence-electron chi connectivity index (χ4n) is 2.90. The van der Waals surface area contributed by atoms with Gasteiger partial charge < -0.3 is 15.4 Å². The van der Waals surface area contributed by atoms with Crippen LogP contribution in [-0.4, -0.2) is 25.5 Å². The number of nitrogens with one attached hydrogen (secondary N) is 1. The van der Waals surface area contributed by atoms with E-state index in [0.29, 0.717) is 11.3 Å². The molecule has 1 aromatic heterocycles. The van der Waals surface area contributed by atoms with Crippen molar-refractivity contribution in [3.8, 4) is 0 Å². The van der Waals surface area contributed by atoms with Gasteiger partial charge in [-0.05, 0) is 42.6 Å². The second kappa shape index (κ2) is 9.30. The molecule has 0 radical (unpaired) electrons. The third kappa shape index (κ3) is 5.06. The molecule has 6 heteroatoms. The molecule has 3 rings (SSSR count). The summed E-state index contributed by atoms with van der Waals surface area (Å²) in [5, 5.41) is 6.95. The topological polar surface area (TPSA) is 72.0 Å². The zero-order chi connectivity index (χ0) is 19.9. The number of methoxy groups -OCH3 is 1. The Kier molecular flexibility index (Phi) is 6.57. The Morgan fingerprint density at radius 3 is 2.39 bits per heavy atom. The number of anilines is 1.